The number of benzene rings is 1. The van der Waals surface area contributed by atoms with Crippen molar-refractivity contribution in [3.63, 3.8) is 0 Å². The Labute approximate surface area is 136 Å². The normalized spacial score (nSPS) is 10.3. The number of carbonyl (C=O) groups excluding carboxylic acids is 1. The zero-order valence-corrected chi connectivity index (χ0v) is 12.6. The standard InChI is InChI=1S/C15H12FN5OS/c16-10-4-6-11(7-5-10)17-15(23)20-19-14(22)12-9-21-8-2-1-3-13(21)18-12/h1-9H,(H,19,22)(H2,17,20,23). The minimum atomic E-state index is -0.419. The molecule has 0 spiro atoms. The van der Waals surface area contributed by atoms with E-state index in [0.717, 1.165) is 0 Å². The van der Waals surface area contributed by atoms with Crippen LogP contribution in [0, 0.1) is 5.82 Å². The number of carbonyl (C=O) groups is 1. The van der Waals surface area contributed by atoms with E-state index in [1.165, 1.54) is 24.3 Å². The molecular weight excluding hydrogens is 317 g/mol. The van der Waals surface area contributed by atoms with Gasteiger partial charge >= 0.3 is 0 Å². The van der Waals surface area contributed by atoms with Gasteiger partial charge in [-0.25, -0.2) is 9.37 Å². The molecule has 8 heteroatoms. The van der Waals surface area contributed by atoms with Gasteiger partial charge in [-0.15, -0.1) is 0 Å². The molecule has 0 saturated carbocycles. The summed E-state index contributed by atoms with van der Waals surface area (Å²) in [6.45, 7) is 0. The fraction of sp³-hybridized carbons (Fsp3) is 0. The SMILES string of the molecule is O=C(NNC(=S)Nc1ccc(F)cc1)c1cn2ccccc2n1. The molecule has 0 saturated heterocycles. The second kappa shape index (κ2) is 6.41. The Morgan fingerprint density at radius 1 is 1.13 bits per heavy atom. The summed E-state index contributed by atoms with van der Waals surface area (Å²) in [6, 6.07) is 11.2. The minimum Gasteiger partial charge on any atom is -0.331 e. The number of nitrogens with one attached hydrogen (secondary N) is 3. The van der Waals surface area contributed by atoms with E-state index in [4.69, 9.17) is 12.2 Å². The number of rotatable bonds is 2. The second-order valence-electron chi connectivity index (χ2n) is 4.63. The first-order chi connectivity index (χ1) is 11.1. The summed E-state index contributed by atoms with van der Waals surface area (Å²) in [5, 5.41) is 2.99. The van der Waals surface area contributed by atoms with Gasteiger partial charge in [0.15, 0.2) is 5.11 Å². The lowest BCUT2D eigenvalue weighted by Gasteiger charge is -2.10. The van der Waals surface area contributed by atoms with Crippen molar-refractivity contribution in [1.82, 2.24) is 20.2 Å². The summed E-state index contributed by atoms with van der Waals surface area (Å²) in [4.78, 5) is 16.2. The number of halogens is 1. The zero-order chi connectivity index (χ0) is 16.2. The molecule has 0 radical (unpaired) electrons. The van der Waals surface area contributed by atoms with Gasteiger partial charge in [0, 0.05) is 18.1 Å². The second-order valence-corrected chi connectivity index (χ2v) is 5.04. The summed E-state index contributed by atoms with van der Waals surface area (Å²) >= 11 is 5.05. The van der Waals surface area contributed by atoms with Crippen LogP contribution < -0.4 is 16.2 Å². The Hall–Kier alpha value is -3.00. The summed E-state index contributed by atoms with van der Waals surface area (Å²) < 4.78 is 14.6. The molecule has 3 N–H and O–H groups in total. The van der Waals surface area contributed by atoms with Crippen molar-refractivity contribution in [2.45, 2.75) is 0 Å². The van der Waals surface area contributed by atoms with Gasteiger partial charge in [0.05, 0.1) is 0 Å². The lowest BCUT2D eigenvalue weighted by Crippen LogP contribution is -2.43. The molecule has 0 aliphatic heterocycles. The average Bonchev–Trinajstić information content (AvgIpc) is 2.99. The van der Waals surface area contributed by atoms with Gasteiger partial charge in [-0.1, -0.05) is 6.07 Å². The van der Waals surface area contributed by atoms with Gasteiger partial charge < -0.3 is 9.72 Å². The topological polar surface area (TPSA) is 70.5 Å². The summed E-state index contributed by atoms with van der Waals surface area (Å²) in [5.41, 5.74) is 6.55. The highest BCUT2D eigenvalue weighted by molar-refractivity contribution is 7.80. The van der Waals surface area contributed by atoms with Crippen LogP contribution >= 0.6 is 12.2 Å². The molecule has 0 unspecified atom stereocenters. The summed E-state index contributed by atoms with van der Waals surface area (Å²) in [5.74, 6) is -0.758. The largest absolute Gasteiger partial charge is 0.331 e. The molecule has 0 bridgehead atoms. The van der Waals surface area contributed by atoms with E-state index in [1.807, 2.05) is 12.1 Å². The fourth-order valence-corrected chi connectivity index (χ4v) is 2.09. The number of amides is 1. The smallest absolute Gasteiger partial charge is 0.289 e. The van der Waals surface area contributed by atoms with Crippen LogP contribution in [0.25, 0.3) is 5.65 Å². The van der Waals surface area contributed by atoms with E-state index in [2.05, 4.69) is 21.2 Å². The highest BCUT2D eigenvalue weighted by Crippen LogP contribution is 2.07. The molecule has 1 aromatic carbocycles. The molecule has 2 aromatic heterocycles. The first-order valence-electron chi connectivity index (χ1n) is 6.68. The number of thiocarbonyl (C=S) groups is 1. The van der Waals surface area contributed by atoms with Gasteiger partial charge in [-0.3, -0.25) is 15.6 Å². The summed E-state index contributed by atoms with van der Waals surface area (Å²) in [7, 11) is 0. The number of anilines is 1. The van der Waals surface area contributed by atoms with Crippen molar-refractivity contribution in [1.29, 1.82) is 0 Å². The molecule has 0 aliphatic rings. The predicted molar refractivity (Wildman–Crippen MR) is 88.4 cm³/mol. The Bertz CT molecular complexity index is 829. The van der Waals surface area contributed by atoms with Crippen LogP contribution in [-0.4, -0.2) is 20.4 Å². The van der Waals surface area contributed by atoms with E-state index in [9.17, 15) is 9.18 Å². The van der Waals surface area contributed by atoms with Gasteiger partial charge in [-0.05, 0) is 48.6 Å². The maximum atomic E-state index is 12.8. The number of fused-ring (bicyclic) bond motifs is 1. The van der Waals surface area contributed by atoms with E-state index in [0.29, 0.717) is 11.3 Å². The number of hydrazine groups is 1. The Balaban J connectivity index is 1.57. The van der Waals surface area contributed by atoms with Gasteiger partial charge in [-0.2, -0.15) is 0 Å². The van der Waals surface area contributed by atoms with Crippen LogP contribution in [0.1, 0.15) is 10.5 Å². The van der Waals surface area contributed by atoms with Crippen LogP contribution in [0.15, 0.2) is 54.9 Å². The van der Waals surface area contributed by atoms with E-state index in [1.54, 1.807) is 22.9 Å². The number of nitrogens with zero attached hydrogens (tertiary/aromatic N) is 2. The molecule has 0 atom stereocenters. The van der Waals surface area contributed by atoms with Crippen molar-refractivity contribution in [2.75, 3.05) is 5.32 Å². The van der Waals surface area contributed by atoms with Crippen LogP contribution in [0.4, 0.5) is 10.1 Å². The maximum absolute atomic E-state index is 12.8. The van der Waals surface area contributed by atoms with Crippen molar-refractivity contribution < 1.29 is 9.18 Å². The van der Waals surface area contributed by atoms with E-state index < -0.39 is 5.91 Å². The first-order valence-corrected chi connectivity index (χ1v) is 7.09. The molecule has 0 aliphatic carbocycles. The van der Waals surface area contributed by atoms with Crippen LogP contribution in [0.5, 0.6) is 0 Å². The van der Waals surface area contributed by atoms with Crippen molar-refractivity contribution in [2.24, 2.45) is 0 Å². The van der Waals surface area contributed by atoms with E-state index >= 15 is 0 Å². The number of pyridine rings is 1. The molecule has 3 rings (SSSR count). The maximum Gasteiger partial charge on any atom is 0.289 e. The molecule has 2 heterocycles. The molecular formula is C15H12FN5OS. The van der Waals surface area contributed by atoms with Crippen LogP contribution in [0.3, 0.4) is 0 Å². The van der Waals surface area contributed by atoms with Crippen molar-refractivity contribution >= 4 is 34.6 Å². The molecule has 23 heavy (non-hydrogen) atoms. The number of hydrogen-bond donors (Lipinski definition) is 3. The summed E-state index contributed by atoms with van der Waals surface area (Å²) in [6.07, 6.45) is 3.41. The lowest BCUT2D eigenvalue weighted by molar-refractivity contribution is 0.0940. The quantitative estimate of drug-likeness (QED) is 0.496. The number of aromatic nitrogens is 2. The van der Waals surface area contributed by atoms with Crippen molar-refractivity contribution in [3.05, 3.63) is 66.4 Å². The van der Waals surface area contributed by atoms with Crippen LogP contribution in [0.2, 0.25) is 0 Å². The molecule has 116 valence electrons. The van der Waals surface area contributed by atoms with Gasteiger partial charge in [0.25, 0.3) is 5.91 Å². The third-order valence-electron chi connectivity index (χ3n) is 2.99. The van der Waals surface area contributed by atoms with Crippen molar-refractivity contribution in [3.8, 4) is 0 Å². The zero-order valence-electron chi connectivity index (χ0n) is 11.8. The first kappa shape index (κ1) is 14.9. The Morgan fingerprint density at radius 2 is 1.91 bits per heavy atom. The number of hydrogen-bond acceptors (Lipinski definition) is 3. The highest BCUT2D eigenvalue weighted by atomic mass is 32.1. The number of imidazole rings is 1. The fourth-order valence-electron chi connectivity index (χ4n) is 1.92. The lowest BCUT2D eigenvalue weighted by atomic mass is 10.3. The monoisotopic (exact) mass is 329 g/mol. The van der Waals surface area contributed by atoms with E-state index in [-0.39, 0.29) is 16.6 Å². The molecule has 1 amide bonds. The molecule has 3 aromatic rings. The Morgan fingerprint density at radius 3 is 2.65 bits per heavy atom. The van der Waals surface area contributed by atoms with Gasteiger partial charge in [0.1, 0.15) is 17.2 Å². The van der Waals surface area contributed by atoms with Gasteiger partial charge in [0.2, 0.25) is 0 Å². The average molecular weight is 329 g/mol. The molecule has 0 fully saturated rings. The Kier molecular flexibility index (Phi) is 4.15. The highest BCUT2D eigenvalue weighted by Gasteiger charge is 2.10. The minimum absolute atomic E-state index is 0.175. The third-order valence-corrected chi connectivity index (χ3v) is 3.19. The predicted octanol–water partition coefficient (Wildman–Crippen LogP) is 2.10. The molecule has 6 nitrogen and oxygen atoms in total. The van der Waals surface area contributed by atoms with Crippen LogP contribution in [-0.2, 0) is 0 Å². The third kappa shape index (κ3) is 3.61.